The zero-order valence-corrected chi connectivity index (χ0v) is 29.0. The molecule has 0 aromatic heterocycles. The van der Waals surface area contributed by atoms with Gasteiger partial charge in [-0.1, -0.05) is 105 Å². The molecule has 0 bridgehead atoms. The molecule has 0 fully saturated rings. The second-order valence-electron chi connectivity index (χ2n) is 13.0. The molecule has 0 spiro atoms. The van der Waals surface area contributed by atoms with Gasteiger partial charge in [0.25, 0.3) is 0 Å². The van der Waals surface area contributed by atoms with Crippen molar-refractivity contribution in [1.29, 1.82) is 0 Å². The fraction of sp³-hybridized carbons (Fsp3) is 1.00. The lowest BCUT2D eigenvalue weighted by atomic mass is 10.2. The third-order valence-corrected chi connectivity index (χ3v) is 27.0. The van der Waals surface area contributed by atoms with Crippen LogP contribution < -0.4 is 0 Å². The van der Waals surface area contributed by atoms with Crippen molar-refractivity contribution in [3.8, 4) is 0 Å². The Morgan fingerprint density at radius 3 is 0.938 bits per heavy atom. The van der Waals surface area contributed by atoms with E-state index >= 15 is 0 Å². The average Bonchev–Trinajstić information content (AvgIpc) is 2.58. The van der Waals surface area contributed by atoms with Crippen molar-refractivity contribution in [2.45, 2.75) is 128 Å². The molecule has 2 nitrogen and oxygen atoms in total. The summed E-state index contributed by atoms with van der Waals surface area (Å²) in [5.41, 5.74) is 0. The Labute approximate surface area is 219 Å². The van der Waals surface area contributed by atoms with E-state index < -0.39 is 16.6 Å². The topological polar surface area (TPSA) is 18.5 Å². The van der Waals surface area contributed by atoms with Gasteiger partial charge in [0.1, 0.15) is 0 Å². The maximum Gasteiger partial charge on any atom is 0.202 e. The second-order valence-corrected chi connectivity index (χ2v) is 30.4. The maximum atomic E-state index is 6.33. The molecule has 0 aromatic rings. The predicted molar refractivity (Wildman–Crippen MR) is 163 cm³/mol. The van der Waals surface area contributed by atoms with E-state index in [2.05, 4.69) is 83.1 Å². The van der Waals surface area contributed by atoms with E-state index in [0.29, 0.717) is 0 Å². The van der Waals surface area contributed by atoms with Crippen LogP contribution in [0.2, 0.25) is 32.2 Å². The van der Waals surface area contributed by atoms with Crippen molar-refractivity contribution < 1.29 is 8.85 Å². The predicted octanol–water partition coefficient (Wildman–Crippen LogP) is 10.8. The number of rotatable bonds is 13. The quantitative estimate of drug-likeness (QED) is 0.126. The highest BCUT2D eigenvalue weighted by atomic mass is 33.7. The molecule has 0 radical (unpaired) electrons. The summed E-state index contributed by atoms with van der Waals surface area (Å²) in [7, 11) is 8.13. The SMILES string of the molecule is CO[Si](CCCSSSSCCC[Si](OC)(C(C)(C)C)C(C)(C)C)(C(C)(C)C)C(C)(C)C. The van der Waals surface area contributed by atoms with Crippen LogP contribution in [-0.4, -0.2) is 42.4 Å². The summed E-state index contributed by atoms with van der Waals surface area (Å²) in [5, 5.41) is 1.01. The lowest BCUT2D eigenvalue weighted by Crippen LogP contribution is -2.53. The molecule has 0 rings (SSSR count). The third-order valence-electron chi connectivity index (χ3n) is 7.18. The molecule has 8 heteroatoms. The zero-order valence-electron chi connectivity index (χ0n) is 23.7. The number of hydrogen-bond donors (Lipinski definition) is 0. The fourth-order valence-electron chi connectivity index (χ4n) is 6.05. The van der Waals surface area contributed by atoms with Gasteiger partial charge in [0.2, 0.25) is 16.6 Å². The van der Waals surface area contributed by atoms with Crippen LogP contribution in [0.4, 0.5) is 0 Å². The van der Waals surface area contributed by atoms with Gasteiger partial charge in [0.15, 0.2) is 0 Å². The van der Waals surface area contributed by atoms with Crippen molar-refractivity contribution in [2.24, 2.45) is 0 Å². The summed E-state index contributed by atoms with van der Waals surface area (Å²) >= 11 is 0. The molecular weight excluding hydrogens is 505 g/mol. The highest BCUT2D eigenvalue weighted by Gasteiger charge is 2.54. The van der Waals surface area contributed by atoms with Crippen LogP contribution in [0.3, 0.4) is 0 Å². The lowest BCUT2D eigenvalue weighted by molar-refractivity contribution is 0.324. The van der Waals surface area contributed by atoms with E-state index in [1.54, 1.807) is 0 Å². The molecule has 0 aromatic carbocycles. The number of hydrogen-bond acceptors (Lipinski definition) is 6. The first-order valence-corrected chi connectivity index (χ1v) is 21.4. The zero-order chi connectivity index (χ0) is 25.5. The van der Waals surface area contributed by atoms with Gasteiger partial charge in [-0.25, -0.2) is 0 Å². The summed E-state index contributed by atoms with van der Waals surface area (Å²) in [5.74, 6) is 2.41. The minimum Gasteiger partial charge on any atom is -0.419 e. The standard InChI is InChI=1S/C24H54O2S4Si2/c1-21(2,3)31(25-13,22(4,5)6)19-15-17-27-29-30-28-18-16-20-32(26-14,23(7,8)9)24(10,11)12/h15-20H2,1-14H3. The van der Waals surface area contributed by atoms with Gasteiger partial charge in [0, 0.05) is 25.7 Å². The van der Waals surface area contributed by atoms with Gasteiger partial charge in [-0.2, -0.15) is 0 Å². The Morgan fingerprint density at radius 1 is 0.500 bits per heavy atom. The Balaban J connectivity index is 4.38. The molecule has 0 saturated carbocycles. The van der Waals surface area contributed by atoms with Crippen molar-refractivity contribution >= 4 is 57.9 Å². The molecule has 0 aliphatic heterocycles. The molecule has 0 aliphatic carbocycles. The third kappa shape index (κ3) is 8.70. The van der Waals surface area contributed by atoms with Gasteiger partial charge in [-0.3, -0.25) is 0 Å². The van der Waals surface area contributed by atoms with Crippen LogP contribution >= 0.6 is 41.2 Å². The largest absolute Gasteiger partial charge is 0.419 e. The van der Waals surface area contributed by atoms with Crippen molar-refractivity contribution in [2.75, 3.05) is 25.7 Å². The average molecular weight is 559 g/mol. The molecule has 32 heavy (non-hydrogen) atoms. The molecule has 194 valence electrons. The highest BCUT2D eigenvalue weighted by molar-refractivity contribution is 9.26. The van der Waals surface area contributed by atoms with Crippen LogP contribution in [0.25, 0.3) is 0 Å². The summed E-state index contributed by atoms with van der Waals surface area (Å²) in [4.78, 5) is 0. The van der Waals surface area contributed by atoms with Gasteiger partial charge in [0.05, 0.1) is 0 Å². The summed E-state index contributed by atoms with van der Waals surface area (Å²) in [6, 6.07) is 2.48. The fourth-order valence-corrected chi connectivity index (χ4v) is 24.4. The molecule has 0 unspecified atom stereocenters. The minimum absolute atomic E-state index is 0.253. The second kappa shape index (κ2) is 13.3. The van der Waals surface area contributed by atoms with Crippen LogP contribution in [0, 0.1) is 0 Å². The van der Waals surface area contributed by atoms with Crippen LogP contribution in [0.15, 0.2) is 0 Å². The van der Waals surface area contributed by atoms with Gasteiger partial charge < -0.3 is 8.85 Å². The van der Waals surface area contributed by atoms with E-state index in [-0.39, 0.29) is 20.2 Å². The van der Waals surface area contributed by atoms with E-state index in [1.807, 2.05) is 55.5 Å². The summed E-state index contributed by atoms with van der Waals surface area (Å²) < 4.78 is 12.7. The molecular formula is C24H54O2S4Si2. The molecule has 0 atom stereocenters. The normalized spacial score (nSPS) is 14.8. The van der Waals surface area contributed by atoms with Crippen LogP contribution in [0.5, 0.6) is 0 Å². The highest BCUT2D eigenvalue weighted by Crippen LogP contribution is 2.55. The van der Waals surface area contributed by atoms with E-state index in [9.17, 15) is 0 Å². The van der Waals surface area contributed by atoms with Gasteiger partial charge in [-0.15, -0.1) is 0 Å². The Bertz CT molecular complexity index is 456. The molecule has 0 aliphatic rings. The smallest absolute Gasteiger partial charge is 0.202 e. The van der Waals surface area contributed by atoms with E-state index in [4.69, 9.17) is 8.85 Å². The molecule has 0 N–H and O–H groups in total. The molecule has 0 saturated heterocycles. The first kappa shape index (κ1) is 33.8. The first-order chi connectivity index (χ1) is 14.3. The van der Waals surface area contributed by atoms with Crippen LogP contribution in [0.1, 0.15) is 95.9 Å². The van der Waals surface area contributed by atoms with Crippen molar-refractivity contribution in [3.63, 3.8) is 0 Å². The molecule has 0 amide bonds. The van der Waals surface area contributed by atoms with E-state index in [0.717, 1.165) is 0 Å². The summed E-state index contributed by atoms with van der Waals surface area (Å²) in [6.07, 6.45) is 2.49. The van der Waals surface area contributed by atoms with Gasteiger partial charge in [-0.05, 0) is 64.7 Å². The minimum atomic E-state index is -1.85. The monoisotopic (exact) mass is 558 g/mol. The van der Waals surface area contributed by atoms with Crippen molar-refractivity contribution in [1.82, 2.24) is 0 Å². The Morgan fingerprint density at radius 2 is 0.750 bits per heavy atom. The first-order valence-electron chi connectivity index (χ1n) is 12.0. The Hall–Kier alpha value is 1.75. The van der Waals surface area contributed by atoms with Crippen LogP contribution in [-0.2, 0) is 8.85 Å². The molecule has 0 heterocycles. The van der Waals surface area contributed by atoms with Gasteiger partial charge >= 0.3 is 0 Å². The van der Waals surface area contributed by atoms with E-state index in [1.165, 1.54) is 36.4 Å². The summed E-state index contributed by atoms with van der Waals surface area (Å²) in [6.45, 7) is 28.5. The maximum absolute atomic E-state index is 6.33. The van der Waals surface area contributed by atoms with Crippen molar-refractivity contribution in [3.05, 3.63) is 0 Å². The lowest BCUT2D eigenvalue weighted by Gasteiger charge is -2.50. The Kier molecular flexibility index (Phi) is 14.1.